The number of rotatable bonds is 6. The van der Waals surface area contributed by atoms with Crippen LogP contribution < -0.4 is 11.1 Å². The summed E-state index contributed by atoms with van der Waals surface area (Å²) < 4.78 is 6.47. The van der Waals surface area contributed by atoms with Gasteiger partial charge in [-0.2, -0.15) is 0 Å². The molecule has 0 saturated carbocycles. The smallest absolute Gasteiger partial charge is 0.244 e. The van der Waals surface area contributed by atoms with Crippen molar-refractivity contribution >= 4 is 11.7 Å². The van der Waals surface area contributed by atoms with E-state index in [1.165, 1.54) is 7.11 Å². The third kappa shape index (κ3) is 3.87. The van der Waals surface area contributed by atoms with E-state index < -0.39 is 6.04 Å². The van der Waals surface area contributed by atoms with Crippen LogP contribution in [0, 0.1) is 0 Å². The molecule has 0 aliphatic heterocycles. The summed E-state index contributed by atoms with van der Waals surface area (Å²) in [7, 11) is 1.49. The first-order valence-electron chi connectivity index (χ1n) is 6.18. The Morgan fingerprint density at radius 2 is 2.20 bits per heavy atom. The number of anilines is 1. The zero-order chi connectivity index (χ0) is 14.4. The number of carbonyl (C=O) groups is 1. The Hall–Kier alpha value is -2.25. The molecule has 0 saturated heterocycles. The molecule has 0 bridgehead atoms. The van der Waals surface area contributed by atoms with Gasteiger partial charge in [0.05, 0.1) is 19.3 Å². The molecule has 1 aromatic carbocycles. The average Bonchev–Trinajstić information content (AvgIpc) is 2.87. The second-order valence-electron chi connectivity index (χ2n) is 4.34. The molecule has 2 rings (SSSR count). The SMILES string of the molecule is COCC(N)C(=O)Nc1cn(Cc2ccccc2)nn1. The maximum atomic E-state index is 11.7. The lowest BCUT2D eigenvalue weighted by molar-refractivity contribution is -0.118. The van der Waals surface area contributed by atoms with Crippen molar-refractivity contribution in [1.82, 2.24) is 15.0 Å². The molecule has 0 fully saturated rings. The van der Waals surface area contributed by atoms with Crippen molar-refractivity contribution in [3.63, 3.8) is 0 Å². The maximum Gasteiger partial charge on any atom is 0.244 e. The number of hydrogen-bond donors (Lipinski definition) is 2. The zero-order valence-electron chi connectivity index (χ0n) is 11.2. The molecule has 2 aromatic rings. The van der Waals surface area contributed by atoms with Crippen LogP contribution in [-0.2, 0) is 16.1 Å². The summed E-state index contributed by atoms with van der Waals surface area (Å²) in [4.78, 5) is 11.7. The molecular weight excluding hydrogens is 258 g/mol. The molecule has 3 N–H and O–H groups in total. The minimum absolute atomic E-state index is 0.157. The number of nitrogens with zero attached hydrogens (tertiary/aromatic N) is 3. The Morgan fingerprint density at radius 3 is 2.90 bits per heavy atom. The van der Waals surface area contributed by atoms with Crippen molar-refractivity contribution in [2.45, 2.75) is 12.6 Å². The van der Waals surface area contributed by atoms with Gasteiger partial charge in [-0.05, 0) is 5.56 Å². The van der Waals surface area contributed by atoms with E-state index in [9.17, 15) is 4.79 Å². The Kier molecular flexibility index (Phi) is 4.80. The van der Waals surface area contributed by atoms with E-state index >= 15 is 0 Å². The molecular formula is C13H17N5O2. The fraction of sp³-hybridized carbons (Fsp3) is 0.308. The summed E-state index contributed by atoms with van der Waals surface area (Å²) in [6.45, 7) is 0.748. The summed E-state index contributed by atoms with van der Waals surface area (Å²) in [5.74, 6) is 0.0242. The molecule has 7 heteroatoms. The molecule has 1 aromatic heterocycles. The second-order valence-corrected chi connectivity index (χ2v) is 4.34. The van der Waals surface area contributed by atoms with Gasteiger partial charge in [0, 0.05) is 7.11 Å². The first-order chi connectivity index (χ1) is 9.69. The number of methoxy groups -OCH3 is 1. The molecule has 1 unspecified atom stereocenters. The zero-order valence-corrected chi connectivity index (χ0v) is 11.2. The topological polar surface area (TPSA) is 95.1 Å². The third-order valence-corrected chi connectivity index (χ3v) is 2.66. The summed E-state index contributed by atoms with van der Waals surface area (Å²) in [6, 6.07) is 9.13. The van der Waals surface area contributed by atoms with Crippen LogP contribution in [0.15, 0.2) is 36.5 Å². The van der Waals surface area contributed by atoms with Crippen molar-refractivity contribution in [1.29, 1.82) is 0 Å². The molecule has 1 amide bonds. The fourth-order valence-corrected chi connectivity index (χ4v) is 1.68. The lowest BCUT2D eigenvalue weighted by Gasteiger charge is -2.08. The van der Waals surface area contributed by atoms with Gasteiger partial charge >= 0.3 is 0 Å². The molecule has 1 atom stereocenters. The summed E-state index contributed by atoms with van der Waals surface area (Å²) in [5, 5.41) is 10.4. The highest BCUT2D eigenvalue weighted by Gasteiger charge is 2.14. The number of carbonyl (C=O) groups excluding carboxylic acids is 1. The largest absolute Gasteiger partial charge is 0.383 e. The molecule has 106 valence electrons. The Labute approximate surface area is 116 Å². The molecule has 20 heavy (non-hydrogen) atoms. The van der Waals surface area contributed by atoms with Crippen molar-refractivity contribution < 1.29 is 9.53 Å². The first-order valence-corrected chi connectivity index (χ1v) is 6.18. The normalized spacial score (nSPS) is 12.1. The van der Waals surface area contributed by atoms with Crippen molar-refractivity contribution in [2.75, 3.05) is 19.0 Å². The van der Waals surface area contributed by atoms with Crippen molar-refractivity contribution in [2.24, 2.45) is 5.73 Å². The predicted octanol–water partition coefficient (Wildman–Crippen LogP) is 0.239. The minimum Gasteiger partial charge on any atom is -0.383 e. The highest BCUT2D eigenvalue weighted by Crippen LogP contribution is 2.05. The average molecular weight is 275 g/mol. The Morgan fingerprint density at radius 1 is 1.45 bits per heavy atom. The van der Waals surface area contributed by atoms with E-state index in [2.05, 4.69) is 15.6 Å². The highest BCUT2D eigenvalue weighted by atomic mass is 16.5. The number of ether oxygens (including phenoxy) is 1. The van der Waals surface area contributed by atoms with Gasteiger partial charge in [0.15, 0.2) is 5.82 Å². The van der Waals surface area contributed by atoms with Gasteiger partial charge in [0.25, 0.3) is 0 Å². The van der Waals surface area contributed by atoms with E-state index in [1.54, 1.807) is 10.9 Å². The fourth-order valence-electron chi connectivity index (χ4n) is 1.68. The van der Waals surface area contributed by atoms with Crippen LogP contribution in [0.3, 0.4) is 0 Å². The predicted molar refractivity (Wildman–Crippen MR) is 74.0 cm³/mol. The lowest BCUT2D eigenvalue weighted by atomic mass is 10.2. The van der Waals surface area contributed by atoms with Crippen LogP contribution in [0.5, 0.6) is 0 Å². The van der Waals surface area contributed by atoms with Gasteiger partial charge in [-0.25, -0.2) is 4.68 Å². The van der Waals surface area contributed by atoms with E-state index in [4.69, 9.17) is 10.5 Å². The maximum absolute atomic E-state index is 11.7. The second kappa shape index (κ2) is 6.78. The van der Waals surface area contributed by atoms with E-state index in [-0.39, 0.29) is 12.5 Å². The quantitative estimate of drug-likeness (QED) is 0.787. The molecule has 1 heterocycles. The number of nitrogens with one attached hydrogen (secondary N) is 1. The number of nitrogens with two attached hydrogens (primary N) is 1. The standard InChI is InChI=1S/C13H17N5O2/c1-20-9-11(14)13(19)15-12-8-18(17-16-12)7-10-5-3-2-4-6-10/h2-6,8,11H,7,9,14H2,1H3,(H,15,19). The van der Waals surface area contributed by atoms with Gasteiger partial charge in [-0.1, -0.05) is 35.5 Å². The lowest BCUT2D eigenvalue weighted by Crippen LogP contribution is -2.39. The van der Waals surface area contributed by atoms with Crippen LogP contribution >= 0.6 is 0 Å². The van der Waals surface area contributed by atoms with Crippen molar-refractivity contribution in [3.05, 3.63) is 42.1 Å². The molecule has 0 aliphatic rings. The molecule has 0 spiro atoms. The number of hydrogen-bond acceptors (Lipinski definition) is 5. The van der Waals surface area contributed by atoms with Gasteiger partial charge in [0.1, 0.15) is 6.04 Å². The minimum atomic E-state index is -0.723. The summed E-state index contributed by atoms with van der Waals surface area (Å²) in [6.07, 6.45) is 1.66. The van der Waals surface area contributed by atoms with Crippen LogP contribution in [0.4, 0.5) is 5.82 Å². The van der Waals surface area contributed by atoms with E-state index in [0.29, 0.717) is 12.4 Å². The van der Waals surface area contributed by atoms with Crippen LogP contribution in [-0.4, -0.2) is 40.7 Å². The van der Waals surface area contributed by atoms with Gasteiger partial charge in [-0.15, -0.1) is 5.10 Å². The monoisotopic (exact) mass is 275 g/mol. The Bertz CT molecular complexity index is 555. The third-order valence-electron chi connectivity index (χ3n) is 2.66. The van der Waals surface area contributed by atoms with Crippen molar-refractivity contribution in [3.8, 4) is 0 Å². The van der Waals surface area contributed by atoms with Crippen LogP contribution in [0.2, 0.25) is 0 Å². The first kappa shape index (κ1) is 14.2. The van der Waals surface area contributed by atoms with Crippen LogP contribution in [0.1, 0.15) is 5.56 Å². The highest BCUT2D eigenvalue weighted by molar-refractivity contribution is 5.93. The summed E-state index contributed by atoms with van der Waals surface area (Å²) in [5.41, 5.74) is 6.72. The van der Waals surface area contributed by atoms with Gasteiger partial charge in [-0.3, -0.25) is 4.79 Å². The molecule has 0 radical (unpaired) electrons. The number of benzene rings is 1. The van der Waals surface area contributed by atoms with Gasteiger partial charge in [0.2, 0.25) is 5.91 Å². The number of aromatic nitrogens is 3. The van der Waals surface area contributed by atoms with E-state index in [1.807, 2.05) is 30.3 Å². The number of amides is 1. The van der Waals surface area contributed by atoms with Crippen LogP contribution in [0.25, 0.3) is 0 Å². The van der Waals surface area contributed by atoms with Gasteiger partial charge < -0.3 is 15.8 Å². The summed E-state index contributed by atoms with van der Waals surface area (Å²) >= 11 is 0. The Balaban J connectivity index is 1.94. The van der Waals surface area contributed by atoms with E-state index in [0.717, 1.165) is 5.56 Å². The molecule has 0 aliphatic carbocycles. The molecule has 7 nitrogen and oxygen atoms in total.